The van der Waals surface area contributed by atoms with Crippen LogP contribution in [0.5, 0.6) is 0 Å². The molecule has 0 bridgehead atoms. The van der Waals surface area contributed by atoms with Gasteiger partial charge in [-0.1, -0.05) is 18.2 Å². The highest BCUT2D eigenvalue weighted by Gasteiger charge is 2.38. The van der Waals surface area contributed by atoms with Crippen molar-refractivity contribution < 1.29 is 19.5 Å². The van der Waals surface area contributed by atoms with Gasteiger partial charge in [-0.25, -0.2) is 0 Å². The Morgan fingerprint density at radius 1 is 1.37 bits per heavy atom. The number of thioether (sulfide) groups is 1. The van der Waals surface area contributed by atoms with E-state index in [9.17, 15) is 14.4 Å². The van der Waals surface area contributed by atoms with E-state index in [-0.39, 0.29) is 28.2 Å². The number of aliphatic carboxylic acids is 1. The molecule has 2 aliphatic rings. The molecule has 1 heterocycles. The molecule has 3 unspecified atom stereocenters. The zero-order valence-electron chi connectivity index (χ0n) is 11.0. The lowest BCUT2D eigenvalue weighted by Crippen LogP contribution is -2.41. The lowest BCUT2D eigenvalue weighted by atomic mass is 9.85. The zero-order valence-corrected chi connectivity index (χ0v) is 11.8. The SMILES string of the molecule is CC(=O)SC1CC(=O)N(C2CCCC(C(=O)O)C2)C1. The number of hydrogen-bond acceptors (Lipinski definition) is 4. The maximum atomic E-state index is 12.0. The largest absolute Gasteiger partial charge is 0.481 e. The summed E-state index contributed by atoms with van der Waals surface area (Å²) < 4.78 is 0. The molecule has 106 valence electrons. The van der Waals surface area contributed by atoms with Crippen molar-refractivity contribution in [1.29, 1.82) is 0 Å². The van der Waals surface area contributed by atoms with Crippen LogP contribution in [-0.4, -0.2) is 44.8 Å². The van der Waals surface area contributed by atoms with Crippen LogP contribution in [0.1, 0.15) is 39.0 Å². The van der Waals surface area contributed by atoms with Crippen molar-refractivity contribution in [2.24, 2.45) is 5.92 Å². The van der Waals surface area contributed by atoms with Crippen LogP contribution in [0.3, 0.4) is 0 Å². The number of rotatable bonds is 3. The van der Waals surface area contributed by atoms with Crippen molar-refractivity contribution in [2.45, 2.75) is 50.3 Å². The Hall–Kier alpha value is -1.04. The lowest BCUT2D eigenvalue weighted by Gasteiger charge is -2.34. The van der Waals surface area contributed by atoms with Crippen molar-refractivity contribution in [3.05, 3.63) is 0 Å². The van der Waals surface area contributed by atoms with Crippen LogP contribution < -0.4 is 0 Å². The molecule has 1 saturated heterocycles. The molecule has 1 amide bonds. The van der Waals surface area contributed by atoms with Gasteiger partial charge in [0.1, 0.15) is 0 Å². The minimum absolute atomic E-state index is 0.0340. The standard InChI is InChI=1S/C13H19NO4S/c1-8(15)19-11-6-12(16)14(7-11)10-4-2-3-9(5-10)13(17)18/h9-11H,2-7H2,1H3,(H,17,18). The van der Waals surface area contributed by atoms with Crippen molar-refractivity contribution in [3.8, 4) is 0 Å². The number of carbonyl (C=O) groups is 3. The summed E-state index contributed by atoms with van der Waals surface area (Å²) in [4.78, 5) is 35.9. The molecule has 0 spiro atoms. The predicted octanol–water partition coefficient (Wildman–Crippen LogP) is 1.51. The summed E-state index contributed by atoms with van der Waals surface area (Å²) in [5, 5.41) is 9.15. The Morgan fingerprint density at radius 2 is 2.11 bits per heavy atom. The number of carboxylic acid groups (broad SMARTS) is 1. The second kappa shape index (κ2) is 5.94. The fraction of sp³-hybridized carbons (Fsp3) is 0.769. The first-order valence-electron chi connectivity index (χ1n) is 6.67. The normalized spacial score (nSPS) is 31.5. The van der Waals surface area contributed by atoms with E-state index in [2.05, 4.69) is 0 Å². The van der Waals surface area contributed by atoms with Gasteiger partial charge in [-0.2, -0.15) is 0 Å². The third-order valence-electron chi connectivity index (χ3n) is 3.89. The number of likely N-dealkylation sites (tertiary alicyclic amines) is 1. The molecular formula is C13H19NO4S. The molecule has 2 fully saturated rings. The van der Waals surface area contributed by atoms with Crippen molar-refractivity contribution >= 4 is 28.8 Å². The summed E-state index contributed by atoms with van der Waals surface area (Å²) in [5.74, 6) is -1.02. The molecule has 0 radical (unpaired) electrons. The van der Waals surface area contributed by atoms with Crippen LogP contribution in [0.15, 0.2) is 0 Å². The Labute approximate surface area is 116 Å². The number of amides is 1. The van der Waals surface area contributed by atoms with Gasteiger partial charge in [0, 0.05) is 31.2 Å². The molecule has 19 heavy (non-hydrogen) atoms. The highest BCUT2D eigenvalue weighted by Crippen LogP contribution is 2.33. The molecule has 0 aromatic rings. The number of hydrogen-bond donors (Lipinski definition) is 1. The lowest BCUT2D eigenvalue weighted by molar-refractivity contribution is -0.145. The Balaban J connectivity index is 1.96. The van der Waals surface area contributed by atoms with Crippen LogP contribution in [0.25, 0.3) is 0 Å². The number of carbonyl (C=O) groups excluding carboxylic acids is 2. The smallest absolute Gasteiger partial charge is 0.306 e. The van der Waals surface area contributed by atoms with E-state index in [1.54, 1.807) is 4.90 Å². The molecule has 0 aromatic heterocycles. The van der Waals surface area contributed by atoms with Crippen LogP contribution in [0, 0.1) is 5.92 Å². The molecule has 6 heteroatoms. The number of carboxylic acids is 1. The van der Waals surface area contributed by atoms with E-state index in [0.717, 1.165) is 12.8 Å². The maximum Gasteiger partial charge on any atom is 0.306 e. The van der Waals surface area contributed by atoms with Gasteiger partial charge in [0.25, 0.3) is 0 Å². The Kier molecular flexibility index (Phi) is 4.50. The zero-order chi connectivity index (χ0) is 14.0. The third kappa shape index (κ3) is 3.49. The third-order valence-corrected chi connectivity index (χ3v) is 4.87. The molecule has 1 saturated carbocycles. The van der Waals surface area contributed by atoms with Gasteiger partial charge in [-0.05, 0) is 19.3 Å². The van der Waals surface area contributed by atoms with Crippen molar-refractivity contribution in [3.63, 3.8) is 0 Å². The molecule has 1 N–H and O–H groups in total. The van der Waals surface area contributed by atoms with Crippen molar-refractivity contribution in [2.75, 3.05) is 6.54 Å². The molecule has 1 aliphatic carbocycles. The van der Waals surface area contributed by atoms with E-state index in [1.165, 1.54) is 18.7 Å². The summed E-state index contributed by atoms with van der Waals surface area (Å²) in [7, 11) is 0. The summed E-state index contributed by atoms with van der Waals surface area (Å²) in [6.07, 6.45) is 3.40. The van der Waals surface area contributed by atoms with E-state index >= 15 is 0 Å². The van der Waals surface area contributed by atoms with Gasteiger partial charge in [0.15, 0.2) is 5.12 Å². The van der Waals surface area contributed by atoms with Crippen LogP contribution >= 0.6 is 11.8 Å². The topological polar surface area (TPSA) is 74.7 Å². The average Bonchev–Trinajstić information content (AvgIpc) is 2.69. The van der Waals surface area contributed by atoms with Gasteiger partial charge in [-0.15, -0.1) is 0 Å². The van der Waals surface area contributed by atoms with Crippen LogP contribution in [0.4, 0.5) is 0 Å². The number of nitrogens with zero attached hydrogens (tertiary/aromatic N) is 1. The van der Waals surface area contributed by atoms with Gasteiger partial charge >= 0.3 is 5.97 Å². The molecule has 0 aromatic carbocycles. The van der Waals surface area contributed by atoms with Crippen molar-refractivity contribution in [1.82, 2.24) is 4.90 Å². The fourth-order valence-electron chi connectivity index (χ4n) is 3.04. The first-order valence-corrected chi connectivity index (χ1v) is 7.55. The summed E-state index contributed by atoms with van der Waals surface area (Å²) in [6, 6.07) is 0.0416. The minimum Gasteiger partial charge on any atom is -0.481 e. The monoisotopic (exact) mass is 285 g/mol. The Bertz CT molecular complexity index is 398. The first kappa shape index (κ1) is 14.4. The quantitative estimate of drug-likeness (QED) is 0.850. The average molecular weight is 285 g/mol. The van der Waals surface area contributed by atoms with Gasteiger partial charge in [-0.3, -0.25) is 14.4 Å². The summed E-state index contributed by atoms with van der Waals surface area (Å²) >= 11 is 1.22. The minimum atomic E-state index is -0.758. The summed E-state index contributed by atoms with van der Waals surface area (Å²) in [6.45, 7) is 2.10. The molecule has 5 nitrogen and oxygen atoms in total. The van der Waals surface area contributed by atoms with E-state index in [1.807, 2.05) is 0 Å². The molecule has 1 aliphatic heterocycles. The highest BCUT2D eigenvalue weighted by molar-refractivity contribution is 8.14. The van der Waals surface area contributed by atoms with Gasteiger partial charge < -0.3 is 10.0 Å². The fourth-order valence-corrected chi connectivity index (χ4v) is 3.97. The first-order chi connectivity index (χ1) is 8.97. The second-order valence-corrected chi connectivity index (χ2v) is 6.81. The van der Waals surface area contributed by atoms with E-state index < -0.39 is 5.97 Å². The summed E-state index contributed by atoms with van der Waals surface area (Å²) in [5.41, 5.74) is 0. The van der Waals surface area contributed by atoms with E-state index in [4.69, 9.17) is 5.11 Å². The van der Waals surface area contributed by atoms with Gasteiger partial charge in [0.2, 0.25) is 5.91 Å². The van der Waals surface area contributed by atoms with Crippen LogP contribution in [-0.2, 0) is 14.4 Å². The van der Waals surface area contributed by atoms with Crippen LogP contribution in [0.2, 0.25) is 0 Å². The second-order valence-electron chi connectivity index (χ2n) is 5.34. The molecule has 2 rings (SSSR count). The Morgan fingerprint density at radius 3 is 2.74 bits per heavy atom. The predicted molar refractivity (Wildman–Crippen MR) is 71.8 cm³/mol. The molecular weight excluding hydrogens is 266 g/mol. The van der Waals surface area contributed by atoms with Gasteiger partial charge in [0.05, 0.1) is 5.92 Å². The maximum absolute atomic E-state index is 12.0. The van der Waals surface area contributed by atoms with E-state index in [0.29, 0.717) is 25.8 Å². The highest BCUT2D eigenvalue weighted by atomic mass is 32.2. The molecule has 3 atom stereocenters.